The molecule has 3 rings (SSSR count). The van der Waals surface area contributed by atoms with Gasteiger partial charge in [0.05, 0.1) is 0 Å². The second kappa shape index (κ2) is 3.86. The fourth-order valence-electron chi connectivity index (χ4n) is 4.10. The van der Waals surface area contributed by atoms with Gasteiger partial charge in [0.1, 0.15) is 5.60 Å². The van der Waals surface area contributed by atoms with Crippen molar-refractivity contribution in [3.8, 4) is 0 Å². The predicted molar refractivity (Wildman–Crippen MR) is 69.4 cm³/mol. The first-order valence-electron chi connectivity index (χ1n) is 7.13. The normalized spacial score (nSPS) is 38.7. The maximum atomic E-state index is 12.3. The lowest BCUT2D eigenvalue weighted by atomic mass is 9.73. The van der Waals surface area contributed by atoms with Crippen LogP contribution < -0.4 is 5.32 Å². The quantitative estimate of drug-likeness (QED) is 0.718. The van der Waals surface area contributed by atoms with E-state index in [0.29, 0.717) is 17.5 Å². The highest BCUT2D eigenvalue weighted by molar-refractivity contribution is 5.70. The van der Waals surface area contributed by atoms with Crippen molar-refractivity contribution in [1.82, 2.24) is 10.2 Å². The van der Waals surface area contributed by atoms with Gasteiger partial charge in [-0.1, -0.05) is 0 Å². The third-order valence-electron chi connectivity index (χ3n) is 4.73. The molecule has 0 radical (unpaired) electrons. The fourth-order valence-corrected chi connectivity index (χ4v) is 4.10. The maximum Gasteiger partial charge on any atom is 0.410 e. The summed E-state index contributed by atoms with van der Waals surface area (Å²) in [5.74, 6) is 0. The van der Waals surface area contributed by atoms with Gasteiger partial charge in [0, 0.05) is 24.0 Å². The van der Waals surface area contributed by atoms with E-state index < -0.39 is 0 Å². The summed E-state index contributed by atoms with van der Waals surface area (Å²) in [7, 11) is 0. The number of rotatable bonds is 0. The Morgan fingerprint density at radius 2 is 2.17 bits per heavy atom. The molecule has 3 aliphatic rings. The van der Waals surface area contributed by atoms with Crippen LogP contribution in [-0.4, -0.2) is 41.8 Å². The minimum absolute atomic E-state index is 0.0984. The summed E-state index contributed by atoms with van der Waals surface area (Å²) in [5, 5.41) is 3.47. The van der Waals surface area contributed by atoms with Gasteiger partial charge in [0.2, 0.25) is 0 Å². The molecule has 3 atom stereocenters. The van der Waals surface area contributed by atoms with E-state index in [1.165, 1.54) is 12.8 Å². The number of ether oxygens (including phenoxy) is 1. The van der Waals surface area contributed by atoms with Gasteiger partial charge < -0.3 is 15.0 Å². The third kappa shape index (κ3) is 1.81. The first-order chi connectivity index (χ1) is 8.41. The Morgan fingerprint density at radius 1 is 1.39 bits per heavy atom. The van der Waals surface area contributed by atoms with Crippen LogP contribution in [-0.2, 0) is 4.74 Å². The van der Waals surface area contributed by atoms with Gasteiger partial charge >= 0.3 is 6.09 Å². The fraction of sp³-hybridized carbons (Fsp3) is 0.929. The zero-order valence-electron chi connectivity index (χ0n) is 11.7. The largest absolute Gasteiger partial charge is 0.444 e. The first kappa shape index (κ1) is 12.3. The molecule has 3 heterocycles. The van der Waals surface area contributed by atoms with Gasteiger partial charge in [-0.25, -0.2) is 4.79 Å². The van der Waals surface area contributed by atoms with E-state index in [2.05, 4.69) is 10.2 Å². The zero-order valence-corrected chi connectivity index (χ0v) is 11.7. The van der Waals surface area contributed by atoms with Gasteiger partial charge in [-0.15, -0.1) is 0 Å². The van der Waals surface area contributed by atoms with Crippen LogP contribution in [0.2, 0.25) is 0 Å². The van der Waals surface area contributed by atoms with E-state index in [-0.39, 0.29) is 11.7 Å². The third-order valence-corrected chi connectivity index (χ3v) is 4.73. The van der Waals surface area contributed by atoms with Crippen LogP contribution in [0.1, 0.15) is 46.5 Å². The zero-order chi connectivity index (χ0) is 13.0. The van der Waals surface area contributed by atoms with Crippen molar-refractivity contribution < 1.29 is 9.53 Å². The van der Waals surface area contributed by atoms with Crippen molar-refractivity contribution in [3.63, 3.8) is 0 Å². The maximum absolute atomic E-state index is 12.3. The second-order valence-electron chi connectivity index (χ2n) is 7.13. The molecule has 0 unspecified atom stereocenters. The average Bonchev–Trinajstić information content (AvgIpc) is 2.89. The van der Waals surface area contributed by atoms with Crippen LogP contribution in [0.3, 0.4) is 0 Å². The van der Waals surface area contributed by atoms with Gasteiger partial charge in [-0.2, -0.15) is 0 Å². The molecule has 0 saturated carbocycles. The molecular formula is C14H24N2O2. The Hall–Kier alpha value is -0.770. The molecule has 4 heteroatoms. The number of carbonyl (C=O) groups is 1. The summed E-state index contributed by atoms with van der Waals surface area (Å²) in [6.45, 7) is 8.00. The van der Waals surface area contributed by atoms with Crippen molar-refractivity contribution >= 4 is 6.09 Å². The van der Waals surface area contributed by atoms with Crippen LogP contribution in [0.4, 0.5) is 4.79 Å². The molecule has 2 bridgehead atoms. The number of amides is 1. The van der Waals surface area contributed by atoms with Crippen LogP contribution in [0.5, 0.6) is 0 Å². The van der Waals surface area contributed by atoms with E-state index in [1.54, 1.807) is 0 Å². The van der Waals surface area contributed by atoms with E-state index in [9.17, 15) is 4.79 Å². The van der Waals surface area contributed by atoms with E-state index in [1.807, 2.05) is 20.8 Å². The number of fused-ring (bicyclic) bond motifs is 3. The monoisotopic (exact) mass is 252 g/mol. The average molecular weight is 252 g/mol. The van der Waals surface area contributed by atoms with Crippen LogP contribution in [0, 0.1) is 5.41 Å². The molecule has 0 aromatic carbocycles. The SMILES string of the molecule is CC(C)(C)OC(=O)N1[C@@H]2CC[C@H]1[C@@]1(CCNC1)C2. The Labute approximate surface area is 109 Å². The van der Waals surface area contributed by atoms with Crippen molar-refractivity contribution in [2.45, 2.75) is 64.1 Å². The highest BCUT2D eigenvalue weighted by atomic mass is 16.6. The molecule has 3 saturated heterocycles. The Bertz CT molecular complexity index is 355. The van der Waals surface area contributed by atoms with Crippen molar-refractivity contribution in [1.29, 1.82) is 0 Å². The number of nitrogens with zero attached hydrogens (tertiary/aromatic N) is 1. The molecule has 0 aromatic heterocycles. The molecule has 0 aliphatic carbocycles. The summed E-state index contributed by atoms with van der Waals surface area (Å²) in [4.78, 5) is 14.4. The first-order valence-corrected chi connectivity index (χ1v) is 7.13. The summed E-state index contributed by atoms with van der Waals surface area (Å²) in [6.07, 6.45) is 4.60. The molecule has 0 aromatic rings. The van der Waals surface area contributed by atoms with E-state index >= 15 is 0 Å². The van der Waals surface area contributed by atoms with E-state index in [4.69, 9.17) is 4.74 Å². The van der Waals surface area contributed by atoms with Crippen LogP contribution >= 0.6 is 0 Å². The van der Waals surface area contributed by atoms with Crippen molar-refractivity contribution in [2.75, 3.05) is 13.1 Å². The molecule has 18 heavy (non-hydrogen) atoms. The summed E-state index contributed by atoms with van der Waals surface area (Å²) >= 11 is 0. The van der Waals surface area contributed by atoms with Crippen molar-refractivity contribution in [2.24, 2.45) is 5.41 Å². The highest BCUT2D eigenvalue weighted by Gasteiger charge is 2.58. The molecule has 3 fully saturated rings. The summed E-state index contributed by atoms with van der Waals surface area (Å²) < 4.78 is 5.57. The highest BCUT2D eigenvalue weighted by Crippen LogP contribution is 2.53. The Balaban J connectivity index is 1.76. The standard InChI is InChI=1S/C14H24N2O2/c1-13(2,3)18-12(17)16-10-4-5-11(16)14(8-10)6-7-15-9-14/h10-11,15H,4-9H2,1-3H3/t10-,11+,14+/m1/s1. The lowest BCUT2D eigenvalue weighted by molar-refractivity contribution is 0.0181. The number of carbonyl (C=O) groups excluding carboxylic acids is 1. The minimum atomic E-state index is -0.389. The van der Waals surface area contributed by atoms with Crippen molar-refractivity contribution in [3.05, 3.63) is 0 Å². The summed E-state index contributed by atoms with van der Waals surface area (Å²) in [5.41, 5.74) is -0.0416. The molecule has 1 amide bonds. The lowest BCUT2D eigenvalue weighted by Crippen LogP contribution is -2.43. The topological polar surface area (TPSA) is 41.6 Å². The van der Waals surface area contributed by atoms with Crippen LogP contribution in [0.15, 0.2) is 0 Å². The Kier molecular flexibility index (Phi) is 2.63. The molecular weight excluding hydrogens is 228 g/mol. The molecule has 1 N–H and O–H groups in total. The van der Waals surface area contributed by atoms with Gasteiger partial charge in [-0.3, -0.25) is 0 Å². The number of hydrogen-bond donors (Lipinski definition) is 1. The number of hydrogen-bond acceptors (Lipinski definition) is 3. The Morgan fingerprint density at radius 3 is 2.78 bits per heavy atom. The predicted octanol–water partition coefficient (Wildman–Crippen LogP) is 2.14. The van der Waals surface area contributed by atoms with Gasteiger partial charge in [0.15, 0.2) is 0 Å². The number of nitrogens with one attached hydrogen (secondary N) is 1. The molecule has 4 nitrogen and oxygen atoms in total. The van der Waals surface area contributed by atoms with Crippen LogP contribution in [0.25, 0.3) is 0 Å². The molecule has 3 aliphatic heterocycles. The molecule has 1 spiro atoms. The lowest BCUT2D eigenvalue weighted by Gasteiger charge is -2.33. The molecule has 102 valence electrons. The smallest absolute Gasteiger partial charge is 0.410 e. The van der Waals surface area contributed by atoms with Gasteiger partial charge in [0.25, 0.3) is 0 Å². The van der Waals surface area contributed by atoms with Gasteiger partial charge in [-0.05, 0) is 53.0 Å². The second-order valence-corrected chi connectivity index (χ2v) is 7.13. The van der Waals surface area contributed by atoms with E-state index in [0.717, 1.165) is 25.9 Å². The minimum Gasteiger partial charge on any atom is -0.444 e. The summed E-state index contributed by atoms with van der Waals surface area (Å²) in [6, 6.07) is 0.831.